The van der Waals surface area contributed by atoms with Gasteiger partial charge in [-0.05, 0) is 135 Å². The van der Waals surface area contributed by atoms with Gasteiger partial charge >= 0.3 is 5.97 Å². The lowest BCUT2D eigenvalue weighted by Crippen LogP contribution is -2.69. The summed E-state index contributed by atoms with van der Waals surface area (Å²) in [5.74, 6) is 3.32. The molecule has 6 rings (SSSR count). The number of fused-ring (bicyclic) bond motifs is 7. The predicted molar refractivity (Wildman–Crippen MR) is 180 cm³/mol. The molecular formula is C40H63NO3. The molecule has 4 nitrogen and oxygen atoms in total. The van der Waals surface area contributed by atoms with E-state index in [2.05, 4.69) is 70.7 Å². The number of esters is 1. The minimum Gasteiger partial charge on any atom is -0.469 e. The minimum absolute atomic E-state index is 0.0278. The van der Waals surface area contributed by atoms with Crippen molar-refractivity contribution in [2.75, 3.05) is 13.7 Å². The second kappa shape index (κ2) is 12.2. The maximum absolute atomic E-state index is 12.7. The van der Waals surface area contributed by atoms with E-state index in [4.69, 9.17) is 4.74 Å². The van der Waals surface area contributed by atoms with Gasteiger partial charge in [0, 0.05) is 17.5 Å². The Labute approximate surface area is 269 Å². The van der Waals surface area contributed by atoms with Crippen molar-refractivity contribution in [1.82, 2.24) is 4.90 Å². The van der Waals surface area contributed by atoms with Gasteiger partial charge in [-0.25, -0.2) is 0 Å². The van der Waals surface area contributed by atoms with Crippen LogP contribution in [-0.4, -0.2) is 36.3 Å². The Morgan fingerprint density at radius 1 is 0.864 bits per heavy atom. The fourth-order valence-electron chi connectivity index (χ4n) is 12.7. The van der Waals surface area contributed by atoms with Crippen molar-refractivity contribution in [3.05, 3.63) is 35.4 Å². The highest BCUT2D eigenvalue weighted by Gasteiger charge is 2.70. The summed E-state index contributed by atoms with van der Waals surface area (Å²) in [4.78, 5) is 27.2. The summed E-state index contributed by atoms with van der Waals surface area (Å²) >= 11 is 0. The summed E-state index contributed by atoms with van der Waals surface area (Å²) in [5, 5.41) is 0. The Morgan fingerprint density at radius 2 is 1.55 bits per heavy atom. The summed E-state index contributed by atoms with van der Waals surface area (Å²) in [6, 6.07) is 8.60. The molecule has 5 fully saturated rings. The second-order valence-electron chi connectivity index (χ2n) is 16.6. The zero-order valence-electron chi connectivity index (χ0n) is 29.6. The number of hydrogen-bond donors (Lipinski definition) is 0. The van der Waals surface area contributed by atoms with E-state index >= 15 is 0 Å². The SMILES string of the molecule is CC.CC[C@@H]1CC[C@]2(C=O)CC[C@]3(C)[C@H](CC[C@@H]4[C@@]5(C)CCN(Cc6ccc(CC(=O)OC)cc6)C(C)(C)[C@@H]5CC[C@]43C)[C@@H]12. The molecule has 0 amide bonds. The second-order valence-corrected chi connectivity index (χ2v) is 16.6. The molecule has 0 radical (unpaired) electrons. The van der Waals surface area contributed by atoms with Gasteiger partial charge in [0.25, 0.3) is 0 Å². The van der Waals surface area contributed by atoms with Crippen molar-refractivity contribution in [3.63, 3.8) is 0 Å². The first kappa shape index (κ1) is 33.7. The number of aldehydes is 1. The summed E-state index contributed by atoms with van der Waals surface area (Å²) in [6.07, 6.45) is 14.4. The van der Waals surface area contributed by atoms with Crippen LogP contribution in [0.3, 0.4) is 0 Å². The largest absolute Gasteiger partial charge is 0.469 e. The summed E-state index contributed by atoms with van der Waals surface area (Å²) in [6.45, 7) is 21.6. The van der Waals surface area contributed by atoms with Gasteiger partial charge in [-0.3, -0.25) is 9.69 Å². The number of rotatable bonds is 6. The van der Waals surface area contributed by atoms with Crippen LogP contribution in [0.5, 0.6) is 0 Å². The number of piperidine rings is 1. The Morgan fingerprint density at radius 3 is 2.18 bits per heavy atom. The average Bonchev–Trinajstić information content (AvgIpc) is 3.40. The standard InChI is InChI=1S/C38H57NO3.C2H6/c1-8-28-15-18-38(25-40)20-19-36(5)29(33(28)38)13-14-31-35(4)21-22-39(34(2,3)30(35)16-17-37(31,36)6)24-27-11-9-26(10-12-27)23-32(41)42-7;1-2/h9-12,25,28-31,33H,8,13-24H2,1-7H3;1-2H3/t28-,29-,30+,31-,33-,35+,36-,37-,38-;/m1./s1. The van der Waals surface area contributed by atoms with Crippen LogP contribution in [0, 0.1) is 51.2 Å². The molecular weight excluding hydrogens is 542 g/mol. The average molecular weight is 606 g/mol. The van der Waals surface area contributed by atoms with Crippen LogP contribution in [0.1, 0.15) is 131 Å². The summed E-state index contributed by atoms with van der Waals surface area (Å²) in [7, 11) is 1.45. The van der Waals surface area contributed by atoms with Gasteiger partial charge in [0.05, 0.1) is 13.5 Å². The van der Waals surface area contributed by atoms with Crippen molar-refractivity contribution in [2.45, 2.75) is 138 Å². The van der Waals surface area contributed by atoms with E-state index in [0.29, 0.717) is 40.4 Å². The number of methoxy groups -OCH3 is 1. The molecule has 0 spiro atoms. The molecule has 44 heavy (non-hydrogen) atoms. The highest BCUT2D eigenvalue weighted by atomic mass is 16.5. The molecule has 1 aromatic rings. The molecule has 0 aromatic heterocycles. The third-order valence-electron chi connectivity index (χ3n) is 15.2. The van der Waals surface area contributed by atoms with Crippen LogP contribution < -0.4 is 0 Å². The van der Waals surface area contributed by atoms with Crippen molar-refractivity contribution in [3.8, 4) is 0 Å². The van der Waals surface area contributed by atoms with Gasteiger partial charge in [0.2, 0.25) is 0 Å². The number of likely N-dealkylation sites (tertiary alicyclic amines) is 1. The van der Waals surface area contributed by atoms with Crippen molar-refractivity contribution in [2.24, 2.45) is 51.2 Å². The third-order valence-corrected chi connectivity index (χ3v) is 15.2. The van der Waals surface area contributed by atoms with Crippen LogP contribution in [0.4, 0.5) is 0 Å². The molecule has 1 aromatic carbocycles. The van der Waals surface area contributed by atoms with Gasteiger partial charge in [0.1, 0.15) is 6.29 Å². The van der Waals surface area contributed by atoms with Crippen molar-refractivity contribution < 1.29 is 14.3 Å². The smallest absolute Gasteiger partial charge is 0.309 e. The normalized spacial score (nSPS) is 42.4. The lowest BCUT2D eigenvalue weighted by atomic mass is 9.33. The molecule has 0 unspecified atom stereocenters. The van der Waals surface area contributed by atoms with Gasteiger partial charge in [-0.2, -0.15) is 0 Å². The van der Waals surface area contributed by atoms with E-state index in [-0.39, 0.29) is 16.9 Å². The Kier molecular flexibility index (Phi) is 9.31. The molecule has 9 atom stereocenters. The Bertz CT molecular complexity index is 1190. The predicted octanol–water partition coefficient (Wildman–Crippen LogP) is 9.28. The first-order valence-corrected chi connectivity index (χ1v) is 18.2. The van der Waals surface area contributed by atoms with Crippen LogP contribution in [0.15, 0.2) is 24.3 Å². The van der Waals surface area contributed by atoms with E-state index in [9.17, 15) is 9.59 Å². The zero-order valence-corrected chi connectivity index (χ0v) is 29.6. The Hall–Kier alpha value is -1.68. The number of benzene rings is 1. The molecule has 1 saturated heterocycles. The van der Waals surface area contributed by atoms with Crippen LogP contribution in [0.2, 0.25) is 0 Å². The maximum Gasteiger partial charge on any atom is 0.309 e. The van der Waals surface area contributed by atoms with E-state index in [1.165, 1.54) is 70.3 Å². The van der Waals surface area contributed by atoms with Crippen LogP contribution in [-0.2, 0) is 27.3 Å². The number of carbonyl (C=O) groups excluding carboxylic acids is 2. The molecule has 246 valence electrons. The molecule has 4 aliphatic carbocycles. The first-order valence-electron chi connectivity index (χ1n) is 18.2. The quantitative estimate of drug-likeness (QED) is 0.239. The lowest BCUT2D eigenvalue weighted by Gasteiger charge is -2.73. The van der Waals surface area contributed by atoms with Gasteiger partial charge in [-0.15, -0.1) is 0 Å². The van der Waals surface area contributed by atoms with E-state index in [1.54, 1.807) is 0 Å². The third kappa shape index (κ3) is 4.94. The van der Waals surface area contributed by atoms with E-state index in [1.807, 2.05) is 13.8 Å². The molecule has 4 heteroatoms. The number of hydrogen-bond acceptors (Lipinski definition) is 4. The van der Waals surface area contributed by atoms with Crippen LogP contribution in [0.25, 0.3) is 0 Å². The van der Waals surface area contributed by atoms with Gasteiger partial charge in [-0.1, -0.05) is 72.2 Å². The topological polar surface area (TPSA) is 46.6 Å². The number of carbonyl (C=O) groups is 2. The highest BCUT2D eigenvalue weighted by Crippen LogP contribution is 2.76. The fraction of sp³-hybridized carbons (Fsp3) is 0.800. The Balaban J connectivity index is 0.00000188. The first-order chi connectivity index (χ1) is 20.9. The van der Waals surface area contributed by atoms with E-state index in [0.717, 1.165) is 43.3 Å². The van der Waals surface area contributed by atoms with Crippen molar-refractivity contribution >= 4 is 12.3 Å². The van der Waals surface area contributed by atoms with Gasteiger partial charge in [0.15, 0.2) is 0 Å². The lowest BCUT2D eigenvalue weighted by molar-refractivity contribution is -0.241. The number of nitrogens with zero attached hydrogens (tertiary/aromatic N) is 1. The summed E-state index contributed by atoms with van der Waals surface area (Å²) < 4.78 is 4.85. The monoisotopic (exact) mass is 605 g/mol. The van der Waals surface area contributed by atoms with E-state index < -0.39 is 0 Å². The highest BCUT2D eigenvalue weighted by molar-refractivity contribution is 5.72. The maximum atomic E-state index is 12.7. The van der Waals surface area contributed by atoms with Crippen molar-refractivity contribution in [1.29, 1.82) is 0 Å². The number of ether oxygens (including phenoxy) is 1. The summed E-state index contributed by atoms with van der Waals surface area (Å²) in [5.41, 5.74) is 3.50. The molecule has 4 saturated carbocycles. The molecule has 5 aliphatic rings. The van der Waals surface area contributed by atoms with Gasteiger partial charge < -0.3 is 9.53 Å². The van der Waals surface area contributed by atoms with Crippen LogP contribution >= 0.6 is 0 Å². The fourth-order valence-corrected chi connectivity index (χ4v) is 12.7. The minimum atomic E-state index is -0.184. The molecule has 0 bridgehead atoms. The molecule has 0 N–H and O–H groups in total. The molecule has 1 heterocycles. The molecule has 1 aliphatic heterocycles. The zero-order chi connectivity index (χ0) is 32.1.